The first kappa shape index (κ1) is 25.2. The lowest BCUT2D eigenvalue weighted by molar-refractivity contribution is -0.139. The second kappa shape index (κ2) is 10.4. The van der Waals surface area contributed by atoms with Gasteiger partial charge in [-0.2, -0.15) is 0 Å². The van der Waals surface area contributed by atoms with Crippen molar-refractivity contribution in [1.82, 2.24) is 9.80 Å². The van der Waals surface area contributed by atoms with Crippen molar-refractivity contribution < 1.29 is 38.4 Å². The Balaban J connectivity index is 1.87. The molecule has 2 aliphatic heterocycles. The molecule has 36 heavy (non-hydrogen) atoms. The molecule has 1 N–H and O–H groups in total. The highest BCUT2D eigenvalue weighted by molar-refractivity contribution is 6.46. The molecule has 2 aliphatic rings. The average molecular weight is 499 g/mol. The molecule has 2 aromatic rings. The smallest absolute Gasteiger partial charge is 0.295 e. The van der Waals surface area contributed by atoms with Crippen molar-refractivity contribution in [2.75, 3.05) is 55.3 Å². The van der Waals surface area contributed by atoms with E-state index in [0.717, 1.165) is 0 Å². The summed E-state index contributed by atoms with van der Waals surface area (Å²) in [7, 11) is 8.34. The van der Waals surface area contributed by atoms with E-state index < -0.39 is 17.7 Å². The lowest BCUT2D eigenvalue weighted by Crippen LogP contribution is -2.32. The van der Waals surface area contributed by atoms with Crippen LogP contribution in [0.3, 0.4) is 0 Å². The van der Waals surface area contributed by atoms with Crippen molar-refractivity contribution >= 4 is 17.4 Å². The van der Waals surface area contributed by atoms with Crippen LogP contribution in [-0.4, -0.2) is 81.9 Å². The molecule has 0 radical (unpaired) electrons. The standard InChI is InChI=1S/C26H30N2O8/c1-27(2)9-6-10-28-22(16-12-19(32-3)25(34-5)20(13-16)33-4)21(24(30)26(28)31)23(29)15-7-8-17-18(11-15)36-14-35-17/h7-8,11-13,22,29H,6,9-10,14H2,1-5H3. The maximum atomic E-state index is 13.3. The fourth-order valence-corrected chi connectivity index (χ4v) is 4.47. The molecule has 4 rings (SSSR count). The van der Waals surface area contributed by atoms with Crippen LogP contribution in [0.5, 0.6) is 28.7 Å². The Morgan fingerprint density at radius 2 is 1.69 bits per heavy atom. The monoisotopic (exact) mass is 498 g/mol. The quantitative estimate of drug-likeness (QED) is 0.317. The van der Waals surface area contributed by atoms with Gasteiger partial charge in [0.15, 0.2) is 23.0 Å². The highest BCUT2D eigenvalue weighted by Gasteiger charge is 2.46. The molecule has 1 amide bonds. The summed E-state index contributed by atoms with van der Waals surface area (Å²) in [6.45, 7) is 1.09. The molecule has 0 aromatic heterocycles. The SMILES string of the molecule is COc1cc(C2C(=C(O)c3ccc4c(c3)OCO4)C(=O)C(=O)N2CCCN(C)C)cc(OC)c1OC. The van der Waals surface area contributed by atoms with Gasteiger partial charge in [0.25, 0.3) is 11.7 Å². The van der Waals surface area contributed by atoms with E-state index in [1.807, 2.05) is 19.0 Å². The second-order valence-corrected chi connectivity index (χ2v) is 8.68. The fraction of sp³-hybridized carbons (Fsp3) is 0.385. The first-order chi connectivity index (χ1) is 17.3. The molecule has 0 saturated carbocycles. The molecule has 10 nitrogen and oxygen atoms in total. The summed E-state index contributed by atoms with van der Waals surface area (Å²) in [6.07, 6.45) is 0.630. The molecule has 1 unspecified atom stereocenters. The molecule has 10 heteroatoms. The van der Waals surface area contributed by atoms with Crippen LogP contribution >= 0.6 is 0 Å². The van der Waals surface area contributed by atoms with Gasteiger partial charge in [-0.15, -0.1) is 0 Å². The minimum Gasteiger partial charge on any atom is -0.507 e. The van der Waals surface area contributed by atoms with Crippen LogP contribution in [0.2, 0.25) is 0 Å². The van der Waals surface area contributed by atoms with Crippen molar-refractivity contribution in [2.45, 2.75) is 12.5 Å². The zero-order chi connectivity index (χ0) is 26.0. The lowest BCUT2D eigenvalue weighted by atomic mass is 9.94. The number of benzene rings is 2. The van der Waals surface area contributed by atoms with Crippen molar-refractivity contribution in [1.29, 1.82) is 0 Å². The number of aliphatic hydroxyl groups excluding tert-OH is 1. The number of carbonyl (C=O) groups is 2. The van der Waals surface area contributed by atoms with E-state index in [-0.39, 0.29) is 18.1 Å². The van der Waals surface area contributed by atoms with E-state index in [2.05, 4.69) is 0 Å². The van der Waals surface area contributed by atoms with Gasteiger partial charge in [0.05, 0.1) is 32.9 Å². The number of likely N-dealkylation sites (tertiary alicyclic amines) is 1. The van der Waals surface area contributed by atoms with E-state index in [4.69, 9.17) is 23.7 Å². The molecule has 1 fully saturated rings. The summed E-state index contributed by atoms with van der Waals surface area (Å²) < 4.78 is 27.2. The first-order valence-electron chi connectivity index (χ1n) is 11.4. The van der Waals surface area contributed by atoms with Gasteiger partial charge >= 0.3 is 0 Å². The Morgan fingerprint density at radius 3 is 2.31 bits per heavy atom. The maximum absolute atomic E-state index is 13.3. The van der Waals surface area contributed by atoms with Gasteiger partial charge < -0.3 is 38.6 Å². The molecular weight excluding hydrogens is 468 g/mol. The van der Waals surface area contributed by atoms with Crippen LogP contribution in [0.4, 0.5) is 0 Å². The normalized spacial score (nSPS) is 18.2. The summed E-state index contributed by atoms with van der Waals surface area (Å²) in [6, 6.07) is 7.36. The van der Waals surface area contributed by atoms with Crippen LogP contribution in [0.15, 0.2) is 35.9 Å². The van der Waals surface area contributed by atoms with Gasteiger partial charge in [0.1, 0.15) is 5.76 Å². The lowest BCUT2D eigenvalue weighted by Gasteiger charge is -2.27. The largest absolute Gasteiger partial charge is 0.507 e. The molecule has 0 bridgehead atoms. The molecule has 2 heterocycles. The first-order valence-corrected chi connectivity index (χ1v) is 11.4. The predicted octanol–water partition coefficient (Wildman–Crippen LogP) is 2.81. The Bertz CT molecular complexity index is 1180. The zero-order valence-electron chi connectivity index (χ0n) is 21.0. The molecule has 0 aliphatic carbocycles. The van der Waals surface area contributed by atoms with Crippen molar-refractivity contribution in [3.05, 3.63) is 47.0 Å². The number of nitrogens with zero attached hydrogens (tertiary/aromatic N) is 2. The number of rotatable bonds is 9. The molecule has 1 atom stereocenters. The van der Waals surface area contributed by atoms with Crippen molar-refractivity contribution in [3.63, 3.8) is 0 Å². The number of aliphatic hydroxyl groups is 1. The summed E-state index contributed by atoms with van der Waals surface area (Å²) in [5.74, 6) is 0.344. The number of amides is 1. The third-order valence-electron chi connectivity index (χ3n) is 6.19. The third kappa shape index (κ3) is 4.51. The zero-order valence-corrected chi connectivity index (χ0v) is 21.0. The Morgan fingerprint density at radius 1 is 1.03 bits per heavy atom. The van der Waals surface area contributed by atoms with Gasteiger partial charge in [-0.1, -0.05) is 0 Å². The number of hydrogen-bond acceptors (Lipinski definition) is 9. The van der Waals surface area contributed by atoms with Crippen LogP contribution in [0.25, 0.3) is 5.76 Å². The number of carbonyl (C=O) groups excluding carboxylic acids is 2. The summed E-state index contributed by atoms with van der Waals surface area (Å²) in [4.78, 5) is 30.0. The summed E-state index contributed by atoms with van der Waals surface area (Å²) >= 11 is 0. The van der Waals surface area contributed by atoms with Crippen LogP contribution in [0, 0.1) is 0 Å². The molecule has 2 aromatic carbocycles. The number of ether oxygens (including phenoxy) is 5. The minimum atomic E-state index is -0.869. The fourth-order valence-electron chi connectivity index (χ4n) is 4.47. The Hall–Kier alpha value is -3.92. The van der Waals surface area contributed by atoms with Crippen molar-refractivity contribution in [3.8, 4) is 28.7 Å². The van der Waals surface area contributed by atoms with Crippen LogP contribution in [0.1, 0.15) is 23.6 Å². The van der Waals surface area contributed by atoms with E-state index in [0.29, 0.717) is 59.4 Å². The highest BCUT2D eigenvalue weighted by atomic mass is 16.7. The number of ketones is 1. The van der Waals surface area contributed by atoms with Gasteiger partial charge in [-0.05, 0) is 63.0 Å². The van der Waals surface area contributed by atoms with Crippen LogP contribution in [-0.2, 0) is 9.59 Å². The summed E-state index contributed by atoms with van der Waals surface area (Å²) in [5.41, 5.74) is 0.844. The second-order valence-electron chi connectivity index (χ2n) is 8.68. The Labute approximate surface area is 209 Å². The van der Waals surface area contributed by atoms with Crippen LogP contribution < -0.4 is 23.7 Å². The minimum absolute atomic E-state index is 0.0296. The molecular formula is C26H30N2O8. The highest BCUT2D eigenvalue weighted by Crippen LogP contribution is 2.46. The number of fused-ring (bicyclic) bond motifs is 1. The number of hydrogen-bond donors (Lipinski definition) is 1. The van der Waals surface area contributed by atoms with Gasteiger partial charge in [0, 0.05) is 12.1 Å². The molecule has 1 saturated heterocycles. The summed E-state index contributed by atoms with van der Waals surface area (Å²) in [5, 5.41) is 11.3. The number of methoxy groups -OCH3 is 3. The van der Waals surface area contributed by atoms with E-state index in [1.165, 1.54) is 26.2 Å². The molecule has 192 valence electrons. The van der Waals surface area contributed by atoms with Gasteiger partial charge in [-0.3, -0.25) is 9.59 Å². The van der Waals surface area contributed by atoms with Gasteiger partial charge in [0.2, 0.25) is 12.5 Å². The maximum Gasteiger partial charge on any atom is 0.295 e. The van der Waals surface area contributed by atoms with Crippen molar-refractivity contribution in [2.24, 2.45) is 0 Å². The predicted molar refractivity (Wildman–Crippen MR) is 131 cm³/mol. The third-order valence-corrected chi connectivity index (χ3v) is 6.19. The van der Waals surface area contributed by atoms with E-state index >= 15 is 0 Å². The van der Waals surface area contributed by atoms with E-state index in [9.17, 15) is 14.7 Å². The number of Topliss-reactive ketones (excluding diaryl/α,β-unsaturated/α-hetero) is 1. The molecule has 0 spiro atoms. The van der Waals surface area contributed by atoms with Gasteiger partial charge in [-0.25, -0.2) is 0 Å². The van der Waals surface area contributed by atoms with E-state index in [1.54, 1.807) is 30.3 Å². The Kier molecular flexibility index (Phi) is 7.25. The topological polar surface area (TPSA) is 107 Å². The average Bonchev–Trinajstić information content (AvgIpc) is 3.44.